The lowest BCUT2D eigenvalue weighted by Gasteiger charge is -2.08. The van der Waals surface area contributed by atoms with Gasteiger partial charge in [-0.1, -0.05) is 0 Å². The lowest BCUT2D eigenvalue weighted by atomic mass is 10.1. The second-order valence-corrected chi connectivity index (χ2v) is 8.65. The van der Waals surface area contributed by atoms with E-state index < -0.39 is 67.2 Å². The average Bonchev–Trinajstić information content (AvgIpc) is 3.76. The lowest BCUT2D eigenvalue weighted by Crippen LogP contribution is -2.28. The largest absolute Gasteiger partial charge is 0.504 e. The molecule has 18 nitrogen and oxygen atoms in total. The Morgan fingerprint density at radius 3 is 1.58 bits per heavy atom. The number of carbonyl (C=O) groups excluding carboxylic acids is 2. The number of benzene rings is 2. The van der Waals surface area contributed by atoms with Crippen molar-refractivity contribution >= 4 is 34.6 Å². The van der Waals surface area contributed by atoms with Crippen molar-refractivity contribution in [3.63, 3.8) is 0 Å². The number of phenolic OH excluding ortho intramolecular Hbond substituents is 4. The summed E-state index contributed by atoms with van der Waals surface area (Å²) in [6, 6.07) is 6.86. The van der Waals surface area contributed by atoms with Gasteiger partial charge in [0.2, 0.25) is 11.5 Å². The van der Waals surface area contributed by atoms with Crippen LogP contribution in [-0.4, -0.2) is 54.7 Å². The SMILES string of the molecule is CCNC(=O)/C(C#N)=C(\N)c1cc(O)c(O)c([N+](=O)[O-])c1.N#C/C(C(=O)NC1CC1)=C(/N)c1cc(O)c(O)c([N+](=O)[O-])c1. The second-order valence-electron chi connectivity index (χ2n) is 8.65. The first-order chi connectivity index (χ1) is 20.2. The van der Waals surface area contributed by atoms with Crippen LogP contribution in [0.4, 0.5) is 11.4 Å². The maximum absolute atomic E-state index is 11.9. The van der Waals surface area contributed by atoms with Crippen molar-refractivity contribution in [2.24, 2.45) is 11.5 Å². The summed E-state index contributed by atoms with van der Waals surface area (Å²) < 4.78 is 0. The quantitative estimate of drug-likeness (QED) is 0.0687. The summed E-state index contributed by atoms with van der Waals surface area (Å²) in [6.45, 7) is 1.90. The molecule has 0 unspecified atom stereocenters. The zero-order chi connectivity index (χ0) is 32.6. The Bertz CT molecular complexity index is 1650. The zero-order valence-corrected chi connectivity index (χ0v) is 22.2. The first-order valence-corrected chi connectivity index (χ1v) is 12.0. The lowest BCUT2D eigenvalue weighted by molar-refractivity contribution is -0.386. The van der Waals surface area contributed by atoms with Crippen LogP contribution in [0.2, 0.25) is 0 Å². The Balaban J connectivity index is 0.000000301. The number of nitrogens with zero attached hydrogens (tertiary/aromatic N) is 4. The summed E-state index contributed by atoms with van der Waals surface area (Å²) >= 11 is 0. The minimum atomic E-state index is -0.927. The highest BCUT2D eigenvalue weighted by molar-refractivity contribution is 6.05. The predicted octanol–water partition coefficient (Wildman–Crippen LogP) is 0.813. The molecule has 1 aliphatic rings. The predicted molar refractivity (Wildman–Crippen MR) is 146 cm³/mol. The Hall–Kier alpha value is -6.56. The number of rotatable bonds is 8. The number of amides is 2. The molecule has 1 saturated carbocycles. The molecule has 0 radical (unpaired) electrons. The van der Waals surface area contributed by atoms with E-state index in [1.165, 1.54) is 0 Å². The number of nitriles is 2. The highest BCUT2D eigenvalue weighted by Gasteiger charge is 2.27. The molecule has 0 bridgehead atoms. The highest BCUT2D eigenvalue weighted by Crippen LogP contribution is 2.38. The smallest absolute Gasteiger partial charge is 0.315 e. The number of nitrogens with two attached hydrogens (primary N) is 2. The molecule has 0 spiro atoms. The maximum atomic E-state index is 11.9. The number of hydrogen-bond donors (Lipinski definition) is 8. The van der Waals surface area contributed by atoms with Crippen LogP contribution in [-0.2, 0) is 9.59 Å². The van der Waals surface area contributed by atoms with E-state index in [0.29, 0.717) is 0 Å². The van der Waals surface area contributed by atoms with Crippen molar-refractivity contribution < 1.29 is 39.9 Å². The fraction of sp³-hybridized carbons (Fsp3) is 0.200. The standard InChI is InChI=1S/C13H12N4O5.C12H12N4O5/c14-5-8(13(20)16-7-1-2-7)11(15)6-3-9(17(21)22)12(19)10(18)4-6;1-2-15-12(19)7(5-13)10(14)6-3-8(16(20)21)11(18)9(17)4-6/h3-4,7,18-19H,1-2,15H2,(H,16,20);3-4,17-18H,2,14H2,1H3,(H,15,19)/b11-8-;10-7-. The van der Waals surface area contributed by atoms with Gasteiger partial charge < -0.3 is 42.5 Å². The summed E-state index contributed by atoms with van der Waals surface area (Å²) in [5.41, 5.74) is 8.04. The molecule has 1 fully saturated rings. The summed E-state index contributed by atoms with van der Waals surface area (Å²) in [4.78, 5) is 43.3. The first kappa shape index (κ1) is 32.7. The van der Waals surface area contributed by atoms with Gasteiger partial charge in [0, 0.05) is 35.8 Å². The molecule has 224 valence electrons. The summed E-state index contributed by atoms with van der Waals surface area (Å²) in [6.07, 6.45) is 1.63. The molecule has 0 saturated heterocycles. The van der Waals surface area contributed by atoms with Crippen molar-refractivity contribution in [3.05, 3.63) is 66.8 Å². The van der Waals surface area contributed by atoms with E-state index in [0.717, 1.165) is 37.1 Å². The van der Waals surface area contributed by atoms with Gasteiger partial charge in [-0.15, -0.1) is 0 Å². The molecule has 0 aliphatic heterocycles. The molecule has 2 amide bonds. The summed E-state index contributed by atoms with van der Waals surface area (Å²) in [7, 11) is 0. The highest BCUT2D eigenvalue weighted by atomic mass is 16.6. The first-order valence-electron chi connectivity index (χ1n) is 12.0. The van der Waals surface area contributed by atoms with Crippen LogP contribution in [0.5, 0.6) is 23.0 Å². The molecular formula is C25H24N8O10. The Morgan fingerprint density at radius 1 is 0.860 bits per heavy atom. The van der Waals surface area contributed by atoms with E-state index in [9.17, 15) is 50.2 Å². The molecule has 18 heteroatoms. The monoisotopic (exact) mass is 596 g/mol. The molecule has 2 aromatic carbocycles. The number of aromatic hydroxyl groups is 4. The average molecular weight is 597 g/mol. The van der Waals surface area contributed by atoms with Gasteiger partial charge in [-0.25, -0.2) is 0 Å². The normalized spacial score (nSPS) is 13.0. The van der Waals surface area contributed by atoms with Crippen LogP contribution in [0.3, 0.4) is 0 Å². The number of carbonyl (C=O) groups is 2. The van der Waals surface area contributed by atoms with Gasteiger partial charge in [-0.3, -0.25) is 29.8 Å². The van der Waals surface area contributed by atoms with E-state index in [4.69, 9.17) is 22.0 Å². The number of nitro benzene ring substituents is 2. The van der Waals surface area contributed by atoms with E-state index >= 15 is 0 Å². The van der Waals surface area contributed by atoms with Gasteiger partial charge >= 0.3 is 11.4 Å². The van der Waals surface area contributed by atoms with E-state index in [1.807, 2.05) is 0 Å². The zero-order valence-electron chi connectivity index (χ0n) is 22.2. The van der Waals surface area contributed by atoms with E-state index in [1.54, 1.807) is 19.1 Å². The minimum Gasteiger partial charge on any atom is -0.504 e. The number of likely N-dealkylation sites (N-methyl/N-ethyl adjacent to an activating group) is 1. The fourth-order valence-corrected chi connectivity index (χ4v) is 3.29. The fourth-order valence-electron chi connectivity index (χ4n) is 3.29. The summed E-state index contributed by atoms with van der Waals surface area (Å²) in [5, 5.41) is 82.3. The van der Waals surface area contributed by atoms with Crippen molar-refractivity contribution in [3.8, 4) is 35.1 Å². The van der Waals surface area contributed by atoms with Gasteiger partial charge in [-0.05, 0) is 31.9 Å². The Kier molecular flexibility index (Phi) is 10.4. The van der Waals surface area contributed by atoms with Crippen LogP contribution in [0.25, 0.3) is 11.4 Å². The van der Waals surface area contributed by atoms with Gasteiger partial charge in [0.25, 0.3) is 11.8 Å². The molecule has 0 aromatic heterocycles. The van der Waals surface area contributed by atoms with E-state index in [2.05, 4.69) is 10.6 Å². The van der Waals surface area contributed by atoms with Gasteiger partial charge in [0.1, 0.15) is 23.3 Å². The molecule has 10 N–H and O–H groups in total. The van der Waals surface area contributed by atoms with Crippen LogP contribution >= 0.6 is 0 Å². The van der Waals surface area contributed by atoms with Gasteiger partial charge in [-0.2, -0.15) is 10.5 Å². The number of hydrogen-bond acceptors (Lipinski definition) is 14. The molecule has 0 atom stereocenters. The van der Waals surface area contributed by atoms with Crippen molar-refractivity contribution in [2.45, 2.75) is 25.8 Å². The van der Waals surface area contributed by atoms with Gasteiger partial charge in [0.15, 0.2) is 11.5 Å². The molecular weight excluding hydrogens is 572 g/mol. The molecule has 0 heterocycles. The van der Waals surface area contributed by atoms with Crippen LogP contribution in [0.1, 0.15) is 30.9 Å². The third kappa shape index (κ3) is 7.77. The Labute approximate surface area is 241 Å². The molecule has 2 aromatic rings. The third-order valence-electron chi connectivity index (χ3n) is 5.62. The molecule has 43 heavy (non-hydrogen) atoms. The molecule has 3 rings (SSSR count). The van der Waals surface area contributed by atoms with Crippen molar-refractivity contribution in [1.82, 2.24) is 10.6 Å². The minimum absolute atomic E-state index is 0.00575. The van der Waals surface area contributed by atoms with Crippen LogP contribution < -0.4 is 22.1 Å². The van der Waals surface area contributed by atoms with Crippen LogP contribution in [0.15, 0.2) is 35.4 Å². The number of phenols is 4. The summed E-state index contributed by atoms with van der Waals surface area (Å²) in [5.74, 6) is -4.82. The van der Waals surface area contributed by atoms with Crippen molar-refractivity contribution in [1.29, 1.82) is 10.5 Å². The topological polar surface area (TPSA) is 325 Å². The Morgan fingerprint density at radius 2 is 1.26 bits per heavy atom. The van der Waals surface area contributed by atoms with Crippen molar-refractivity contribution in [2.75, 3.05) is 6.54 Å². The molecule has 1 aliphatic carbocycles. The number of nitrogens with one attached hydrogen (secondary N) is 2. The van der Waals surface area contributed by atoms with Gasteiger partial charge in [0.05, 0.1) is 21.2 Å². The van der Waals surface area contributed by atoms with E-state index in [-0.39, 0.29) is 35.1 Å². The second kappa shape index (κ2) is 13.7. The van der Waals surface area contributed by atoms with Crippen LogP contribution in [0, 0.1) is 42.9 Å². The number of nitro groups is 2. The third-order valence-corrected chi connectivity index (χ3v) is 5.62. The maximum Gasteiger partial charge on any atom is 0.315 e.